The Bertz CT molecular complexity index is 348. The number of hydrogen-bond acceptors (Lipinski definition) is 3. The van der Waals surface area contributed by atoms with Gasteiger partial charge in [0.05, 0.1) is 0 Å². The van der Waals surface area contributed by atoms with Crippen LogP contribution in [-0.2, 0) is 9.53 Å². The SMILES string of the molecule is O=C1C=C(C(F)(F)F)OC2CCCCC12O. The summed E-state index contributed by atoms with van der Waals surface area (Å²) in [6.07, 6.45) is -3.65. The fourth-order valence-electron chi connectivity index (χ4n) is 2.14. The van der Waals surface area contributed by atoms with Gasteiger partial charge in [-0.15, -0.1) is 0 Å². The van der Waals surface area contributed by atoms with Crippen LogP contribution in [0.5, 0.6) is 0 Å². The lowest BCUT2D eigenvalue weighted by Gasteiger charge is -2.41. The minimum Gasteiger partial charge on any atom is -0.482 e. The summed E-state index contributed by atoms with van der Waals surface area (Å²) in [5, 5.41) is 9.96. The maximum Gasteiger partial charge on any atom is 0.449 e. The first-order valence-corrected chi connectivity index (χ1v) is 5.06. The summed E-state index contributed by atoms with van der Waals surface area (Å²) in [5.74, 6) is -2.19. The average molecular weight is 236 g/mol. The zero-order valence-electron chi connectivity index (χ0n) is 8.38. The summed E-state index contributed by atoms with van der Waals surface area (Å²) in [6, 6.07) is 0. The lowest BCUT2D eigenvalue weighted by Crippen LogP contribution is -2.55. The van der Waals surface area contributed by atoms with E-state index in [1.807, 2.05) is 0 Å². The van der Waals surface area contributed by atoms with Crippen molar-refractivity contribution >= 4 is 5.78 Å². The lowest BCUT2D eigenvalue weighted by atomic mass is 9.77. The molecule has 1 aliphatic carbocycles. The molecule has 2 atom stereocenters. The molecular weight excluding hydrogens is 225 g/mol. The van der Waals surface area contributed by atoms with E-state index in [9.17, 15) is 23.1 Å². The van der Waals surface area contributed by atoms with E-state index in [0.717, 1.165) is 0 Å². The molecule has 2 unspecified atom stereocenters. The number of carbonyl (C=O) groups is 1. The second-order valence-electron chi connectivity index (χ2n) is 4.15. The van der Waals surface area contributed by atoms with Crippen molar-refractivity contribution in [3.63, 3.8) is 0 Å². The van der Waals surface area contributed by atoms with Crippen LogP contribution in [0, 0.1) is 0 Å². The Kier molecular flexibility index (Phi) is 2.49. The third kappa shape index (κ3) is 1.71. The quantitative estimate of drug-likeness (QED) is 0.696. The number of ketones is 1. The Labute approximate surface area is 89.9 Å². The molecule has 6 heteroatoms. The third-order valence-electron chi connectivity index (χ3n) is 3.04. The van der Waals surface area contributed by atoms with Crippen molar-refractivity contribution in [3.8, 4) is 0 Å². The average Bonchev–Trinajstić information content (AvgIpc) is 2.17. The van der Waals surface area contributed by atoms with Crippen molar-refractivity contribution in [1.82, 2.24) is 0 Å². The number of aliphatic hydroxyl groups is 1. The first-order valence-electron chi connectivity index (χ1n) is 5.06. The highest BCUT2D eigenvalue weighted by atomic mass is 19.4. The summed E-state index contributed by atoms with van der Waals surface area (Å²) in [4.78, 5) is 11.5. The van der Waals surface area contributed by atoms with Gasteiger partial charge in [0.1, 0.15) is 6.10 Å². The van der Waals surface area contributed by atoms with Crippen molar-refractivity contribution in [2.75, 3.05) is 0 Å². The molecule has 1 heterocycles. The van der Waals surface area contributed by atoms with E-state index in [1.54, 1.807) is 0 Å². The highest BCUT2D eigenvalue weighted by molar-refractivity contribution is 5.98. The van der Waals surface area contributed by atoms with E-state index in [2.05, 4.69) is 0 Å². The van der Waals surface area contributed by atoms with Gasteiger partial charge in [-0.1, -0.05) is 0 Å². The van der Waals surface area contributed by atoms with Crippen LogP contribution in [0.4, 0.5) is 13.2 Å². The van der Waals surface area contributed by atoms with Crippen LogP contribution >= 0.6 is 0 Å². The maximum absolute atomic E-state index is 12.4. The largest absolute Gasteiger partial charge is 0.482 e. The zero-order chi connectivity index (χ0) is 12.0. The summed E-state index contributed by atoms with van der Waals surface area (Å²) < 4.78 is 41.8. The Morgan fingerprint density at radius 1 is 1.44 bits per heavy atom. The molecule has 16 heavy (non-hydrogen) atoms. The molecule has 1 aliphatic heterocycles. The van der Waals surface area contributed by atoms with Gasteiger partial charge in [0.2, 0.25) is 5.76 Å². The van der Waals surface area contributed by atoms with Gasteiger partial charge in [-0.2, -0.15) is 13.2 Å². The summed E-state index contributed by atoms with van der Waals surface area (Å²) in [5.41, 5.74) is -1.76. The van der Waals surface area contributed by atoms with Crippen LogP contribution in [0.25, 0.3) is 0 Å². The van der Waals surface area contributed by atoms with Gasteiger partial charge < -0.3 is 9.84 Å². The van der Waals surface area contributed by atoms with Crippen molar-refractivity contribution in [2.45, 2.75) is 43.6 Å². The van der Waals surface area contributed by atoms with Crippen molar-refractivity contribution in [1.29, 1.82) is 0 Å². The minimum absolute atomic E-state index is 0.165. The smallest absolute Gasteiger partial charge is 0.449 e. The Morgan fingerprint density at radius 3 is 2.75 bits per heavy atom. The number of ether oxygens (including phenoxy) is 1. The van der Waals surface area contributed by atoms with Gasteiger partial charge in [-0.05, 0) is 25.7 Å². The minimum atomic E-state index is -4.67. The first kappa shape index (κ1) is 11.4. The molecule has 0 amide bonds. The fourth-order valence-corrected chi connectivity index (χ4v) is 2.14. The summed E-state index contributed by atoms with van der Waals surface area (Å²) >= 11 is 0. The second-order valence-corrected chi connectivity index (χ2v) is 4.15. The molecule has 1 fully saturated rings. The Hall–Kier alpha value is -1.04. The third-order valence-corrected chi connectivity index (χ3v) is 3.04. The predicted octanol–water partition coefficient (Wildman–Crippen LogP) is 1.71. The van der Waals surface area contributed by atoms with Crippen LogP contribution in [0.3, 0.4) is 0 Å². The molecule has 3 nitrogen and oxygen atoms in total. The van der Waals surface area contributed by atoms with Crippen molar-refractivity contribution < 1.29 is 27.8 Å². The normalized spacial score (nSPS) is 35.1. The number of allylic oxidation sites excluding steroid dienone is 1. The molecule has 1 saturated carbocycles. The maximum atomic E-state index is 12.4. The second kappa shape index (κ2) is 3.48. The van der Waals surface area contributed by atoms with E-state index < -0.39 is 29.4 Å². The Morgan fingerprint density at radius 2 is 2.12 bits per heavy atom. The van der Waals surface area contributed by atoms with Crippen LogP contribution in [0.1, 0.15) is 25.7 Å². The predicted molar refractivity (Wildman–Crippen MR) is 47.4 cm³/mol. The molecule has 0 bridgehead atoms. The van der Waals surface area contributed by atoms with Crippen LogP contribution in [0.15, 0.2) is 11.8 Å². The monoisotopic (exact) mass is 236 g/mol. The summed E-state index contributed by atoms with van der Waals surface area (Å²) in [7, 11) is 0. The number of halogens is 3. The van der Waals surface area contributed by atoms with Gasteiger partial charge in [-0.25, -0.2) is 0 Å². The standard InChI is InChI=1S/C10H11F3O3/c11-10(12,13)8-5-6(14)9(15)4-2-1-3-7(9)16-8/h5,7,15H,1-4H2. The van der Waals surface area contributed by atoms with Crippen LogP contribution in [0.2, 0.25) is 0 Å². The molecule has 0 radical (unpaired) electrons. The molecule has 0 saturated heterocycles. The molecule has 90 valence electrons. The van der Waals surface area contributed by atoms with Crippen LogP contribution in [-0.4, -0.2) is 28.8 Å². The molecule has 0 aromatic carbocycles. The lowest BCUT2D eigenvalue weighted by molar-refractivity contribution is -0.188. The number of fused-ring (bicyclic) bond motifs is 1. The molecule has 2 rings (SSSR count). The van der Waals surface area contributed by atoms with E-state index in [4.69, 9.17) is 4.74 Å². The highest BCUT2D eigenvalue weighted by Gasteiger charge is 2.52. The topological polar surface area (TPSA) is 46.5 Å². The highest BCUT2D eigenvalue weighted by Crippen LogP contribution is 2.40. The summed E-state index contributed by atoms with van der Waals surface area (Å²) in [6.45, 7) is 0. The molecule has 2 aliphatic rings. The van der Waals surface area contributed by atoms with Crippen molar-refractivity contribution in [2.24, 2.45) is 0 Å². The first-order chi connectivity index (χ1) is 7.34. The molecule has 1 N–H and O–H groups in total. The molecule has 0 spiro atoms. The van der Waals surface area contributed by atoms with E-state index in [-0.39, 0.29) is 12.8 Å². The molecule has 0 aromatic rings. The number of rotatable bonds is 0. The molecule has 0 aromatic heterocycles. The van der Waals surface area contributed by atoms with E-state index in [0.29, 0.717) is 18.9 Å². The van der Waals surface area contributed by atoms with Crippen molar-refractivity contribution in [3.05, 3.63) is 11.8 Å². The van der Waals surface area contributed by atoms with Gasteiger partial charge in [0, 0.05) is 6.08 Å². The van der Waals surface area contributed by atoms with Gasteiger partial charge in [0.15, 0.2) is 11.4 Å². The Balaban J connectivity index is 2.32. The van der Waals surface area contributed by atoms with Gasteiger partial charge in [0.25, 0.3) is 0 Å². The number of hydrogen-bond donors (Lipinski definition) is 1. The van der Waals surface area contributed by atoms with E-state index in [1.165, 1.54) is 0 Å². The van der Waals surface area contributed by atoms with Gasteiger partial charge in [-0.3, -0.25) is 4.79 Å². The number of alkyl halides is 3. The van der Waals surface area contributed by atoms with Crippen LogP contribution < -0.4 is 0 Å². The number of carbonyl (C=O) groups excluding carboxylic acids is 1. The van der Waals surface area contributed by atoms with E-state index >= 15 is 0 Å². The fraction of sp³-hybridized carbons (Fsp3) is 0.700. The van der Waals surface area contributed by atoms with Gasteiger partial charge >= 0.3 is 6.18 Å². The zero-order valence-corrected chi connectivity index (χ0v) is 8.38. The molecular formula is C10H11F3O3.